The number of aliphatic hydroxyl groups excluding tert-OH is 1. The molecule has 0 heterocycles. The van der Waals surface area contributed by atoms with E-state index in [1.807, 2.05) is 42.5 Å². The van der Waals surface area contributed by atoms with Gasteiger partial charge in [0.25, 0.3) is 0 Å². The van der Waals surface area contributed by atoms with Gasteiger partial charge in [0, 0.05) is 13.1 Å². The van der Waals surface area contributed by atoms with Crippen LogP contribution in [0.15, 0.2) is 42.5 Å². The van der Waals surface area contributed by atoms with Gasteiger partial charge in [-0.15, -0.1) is 0 Å². The number of fused-ring (bicyclic) bond motifs is 1. The first kappa shape index (κ1) is 15.0. The third kappa shape index (κ3) is 3.58. The first-order valence-corrected chi connectivity index (χ1v) is 6.85. The van der Waals surface area contributed by atoms with Crippen molar-refractivity contribution in [2.45, 2.75) is 13.0 Å². The second-order valence-electron chi connectivity index (χ2n) is 4.65. The molecule has 2 rings (SSSR count). The minimum Gasteiger partial charge on any atom is -0.387 e. The van der Waals surface area contributed by atoms with E-state index in [1.165, 1.54) is 0 Å². The lowest BCUT2D eigenvalue weighted by molar-refractivity contribution is -0.139. The third-order valence-corrected chi connectivity index (χ3v) is 3.18. The highest BCUT2D eigenvalue weighted by Gasteiger charge is 2.16. The zero-order chi connectivity index (χ0) is 15.2. The van der Waals surface area contributed by atoms with E-state index in [0.717, 1.165) is 16.3 Å². The molecule has 0 saturated heterocycles. The Morgan fingerprint density at radius 1 is 1.05 bits per heavy atom. The summed E-state index contributed by atoms with van der Waals surface area (Å²) in [6.07, 6.45) is -0.866. The summed E-state index contributed by atoms with van der Waals surface area (Å²) in [4.78, 5) is 22.8. The zero-order valence-electron chi connectivity index (χ0n) is 11.8. The van der Waals surface area contributed by atoms with Crippen molar-refractivity contribution in [2.75, 3.05) is 13.1 Å². The topological polar surface area (TPSA) is 78.4 Å². The van der Waals surface area contributed by atoms with E-state index in [1.54, 1.807) is 6.92 Å². The van der Waals surface area contributed by atoms with Crippen LogP contribution in [0, 0.1) is 0 Å². The largest absolute Gasteiger partial charge is 0.387 e. The lowest BCUT2D eigenvalue weighted by Crippen LogP contribution is -2.41. The molecule has 2 aromatic rings. The molecule has 21 heavy (non-hydrogen) atoms. The van der Waals surface area contributed by atoms with Crippen molar-refractivity contribution in [2.24, 2.45) is 0 Å². The molecule has 0 aliphatic rings. The van der Waals surface area contributed by atoms with Crippen LogP contribution < -0.4 is 10.6 Å². The van der Waals surface area contributed by atoms with Crippen LogP contribution in [0.4, 0.5) is 0 Å². The fraction of sp³-hybridized carbons (Fsp3) is 0.250. The molecule has 2 amide bonds. The number of amides is 2. The molecule has 2 aromatic carbocycles. The molecule has 1 unspecified atom stereocenters. The molecule has 1 atom stereocenters. The molecule has 0 aliphatic heterocycles. The van der Waals surface area contributed by atoms with Crippen LogP contribution in [-0.2, 0) is 9.59 Å². The van der Waals surface area contributed by atoms with Crippen molar-refractivity contribution in [1.29, 1.82) is 0 Å². The standard InChI is InChI=1S/C16H18N2O3/c1-2-17-15(20)16(21)18-10-14(19)13-9-5-7-11-6-3-4-8-12(11)13/h3-9,14,19H,2,10H2,1H3,(H,17,20)(H,18,21). The van der Waals surface area contributed by atoms with Gasteiger partial charge < -0.3 is 15.7 Å². The molecule has 0 spiro atoms. The maximum atomic E-state index is 11.5. The van der Waals surface area contributed by atoms with E-state index < -0.39 is 17.9 Å². The van der Waals surface area contributed by atoms with Gasteiger partial charge in [-0.25, -0.2) is 0 Å². The molecule has 0 fully saturated rings. The summed E-state index contributed by atoms with van der Waals surface area (Å²) < 4.78 is 0. The van der Waals surface area contributed by atoms with Crippen LogP contribution in [-0.4, -0.2) is 30.0 Å². The summed E-state index contributed by atoms with van der Waals surface area (Å²) in [6, 6.07) is 13.3. The average molecular weight is 286 g/mol. The second kappa shape index (κ2) is 6.85. The molecule has 0 aromatic heterocycles. The molecular formula is C16H18N2O3. The molecule has 0 aliphatic carbocycles. The minimum atomic E-state index is -0.866. The quantitative estimate of drug-likeness (QED) is 0.737. The van der Waals surface area contributed by atoms with E-state index in [4.69, 9.17) is 0 Å². The van der Waals surface area contributed by atoms with Gasteiger partial charge in [-0.1, -0.05) is 42.5 Å². The van der Waals surface area contributed by atoms with Crippen LogP contribution in [0.3, 0.4) is 0 Å². The Hall–Kier alpha value is -2.40. The van der Waals surface area contributed by atoms with E-state index >= 15 is 0 Å². The number of hydrogen-bond acceptors (Lipinski definition) is 3. The number of benzene rings is 2. The summed E-state index contributed by atoms with van der Waals surface area (Å²) in [5.74, 6) is -1.43. The van der Waals surface area contributed by atoms with Crippen LogP contribution in [0.2, 0.25) is 0 Å². The SMILES string of the molecule is CCNC(=O)C(=O)NCC(O)c1cccc2ccccc12. The summed E-state index contributed by atoms with van der Waals surface area (Å²) in [5, 5.41) is 17.0. The van der Waals surface area contributed by atoms with Crippen molar-refractivity contribution < 1.29 is 14.7 Å². The van der Waals surface area contributed by atoms with Gasteiger partial charge in [0.2, 0.25) is 0 Å². The van der Waals surface area contributed by atoms with Crippen LogP contribution >= 0.6 is 0 Å². The van der Waals surface area contributed by atoms with E-state index in [0.29, 0.717) is 6.54 Å². The Kier molecular flexibility index (Phi) is 4.90. The van der Waals surface area contributed by atoms with Gasteiger partial charge >= 0.3 is 11.8 Å². The van der Waals surface area contributed by atoms with Gasteiger partial charge in [-0.3, -0.25) is 9.59 Å². The van der Waals surface area contributed by atoms with E-state index in [9.17, 15) is 14.7 Å². The van der Waals surface area contributed by atoms with Crippen molar-refractivity contribution in [3.05, 3.63) is 48.0 Å². The summed E-state index contributed by atoms with van der Waals surface area (Å²) in [7, 11) is 0. The first-order chi connectivity index (χ1) is 10.1. The number of nitrogens with one attached hydrogen (secondary N) is 2. The number of aliphatic hydroxyl groups is 1. The fourth-order valence-corrected chi connectivity index (χ4v) is 2.16. The summed E-state index contributed by atoms with van der Waals surface area (Å²) in [5.41, 5.74) is 0.726. The minimum absolute atomic E-state index is 0.00995. The Labute approximate surface area is 123 Å². The third-order valence-electron chi connectivity index (χ3n) is 3.18. The lowest BCUT2D eigenvalue weighted by Gasteiger charge is -2.14. The monoisotopic (exact) mass is 286 g/mol. The highest BCUT2D eigenvalue weighted by Crippen LogP contribution is 2.23. The van der Waals surface area contributed by atoms with Gasteiger partial charge in [-0.2, -0.15) is 0 Å². The highest BCUT2D eigenvalue weighted by atomic mass is 16.3. The molecular weight excluding hydrogens is 268 g/mol. The number of rotatable bonds is 4. The second-order valence-corrected chi connectivity index (χ2v) is 4.65. The predicted octanol–water partition coefficient (Wildman–Crippen LogP) is 1.13. The van der Waals surface area contributed by atoms with Crippen molar-refractivity contribution in [3.63, 3.8) is 0 Å². The van der Waals surface area contributed by atoms with Gasteiger partial charge in [0.15, 0.2) is 0 Å². The Balaban J connectivity index is 2.07. The maximum absolute atomic E-state index is 11.5. The highest BCUT2D eigenvalue weighted by molar-refractivity contribution is 6.35. The molecule has 5 nitrogen and oxygen atoms in total. The normalized spacial score (nSPS) is 11.9. The molecule has 0 saturated carbocycles. The summed E-state index contributed by atoms with van der Waals surface area (Å²) in [6.45, 7) is 2.11. The van der Waals surface area contributed by atoms with Crippen molar-refractivity contribution in [3.8, 4) is 0 Å². The lowest BCUT2D eigenvalue weighted by atomic mass is 10.0. The average Bonchev–Trinajstić information content (AvgIpc) is 2.51. The Bertz CT molecular complexity index is 650. The van der Waals surface area contributed by atoms with E-state index in [-0.39, 0.29) is 6.54 Å². The number of hydrogen-bond donors (Lipinski definition) is 3. The van der Waals surface area contributed by atoms with Crippen LogP contribution in [0.5, 0.6) is 0 Å². The number of likely N-dealkylation sites (N-methyl/N-ethyl adjacent to an activating group) is 1. The maximum Gasteiger partial charge on any atom is 0.309 e. The van der Waals surface area contributed by atoms with Gasteiger partial charge in [0.1, 0.15) is 0 Å². The van der Waals surface area contributed by atoms with E-state index in [2.05, 4.69) is 10.6 Å². The first-order valence-electron chi connectivity index (χ1n) is 6.85. The van der Waals surface area contributed by atoms with Crippen LogP contribution in [0.25, 0.3) is 10.8 Å². The Morgan fingerprint density at radius 3 is 2.48 bits per heavy atom. The Morgan fingerprint density at radius 2 is 1.71 bits per heavy atom. The predicted molar refractivity (Wildman–Crippen MR) is 80.6 cm³/mol. The smallest absolute Gasteiger partial charge is 0.309 e. The number of carbonyl (C=O) groups is 2. The molecule has 3 N–H and O–H groups in total. The molecule has 0 bridgehead atoms. The van der Waals surface area contributed by atoms with Gasteiger partial charge in [-0.05, 0) is 23.3 Å². The van der Waals surface area contributed by atoms with Crippen molar-refractivity contribution >= 4 is 22.6 Å². The van der Waals surface area contributed by atoms with Crippen molar-refractivity contribution in [1.82, 2.24) is 10.6 Å². The number of carbonyl (C=O) groups excluding carboxylic acids is 2. The van der Waals surface area contributed by atoms with Crippen LogP contribution in [0.1, 0.15) is 18.6 Å². The zero-order valence-corrected chi connectivity index (χ0v) is 11.8. The fourth-order valence-electron chi connectivity index (χ4n) is 2.16. The molecule has 0 radical (unpaired) electrons. The summed E-state index contributed by atoms with van der Waals surface area (Å²) >= 11 is 0. The van der Waals surface area contributed by atoms with Gasteiger partial charge in [0.05, 0.1) is 6.10 Å². The molecule has 5 heteroatoms. The molecule has 110 valence electrons.